The third-order valence-corrected chi connectivity index (χ3v) is 7.36. The summed E-state index contributed by atoms with van der Waals surface area (Å²) >= 11 is 0. The van der Waals surface area contributed by atoms with E-state index in [2.05, 4.69) is 0 Å². The van der Waals surface area contributed by atoms with Gasteiger partial charge >= 0.3 is 0 Å². The number of rotatable bonds is 9. The normalized spacial score (nSPS) is 13.6. The lowest BCUT2D eigenvalue weighted by Gasteiger charge is -2.32. The SMILES string of the molecule is COc1ccc(CCc2cc(OC)c(O)c3c2C(Cc2ccc(OC)cc2)c2cc(O)c(O)c(OC)c2O3)cc1. The van der Waals surface area contributed by atoms with Gasteiger partial charge in [-0.05, 0) is 72.4 Å². The fourth-order valence-electron chi connectivity index (χ4n) is 5.27. The van der Waals surface area contributed by atoms with E-state index in [9.17, 15) is 15.3 Å². The van der Waals surface area contributed by atoms with Gasteiger partial charge in [-0.1, -0.05) is 24.3 Å². The number of phenols is 3. The monoisotopic (exact) mass is 544 g/mol. The molecule has 208 valence electrons. The second-order valence-electron chi connectivity index (χ2n) is 9.58. The summed E-state index contributed by atoms with van der Waals surface area (Å²) in [4.78, 5) is 0. The van der Waals surface area contributed by atoms with E-state index < -0.39 is 5.75 Å². The summed E-state index contributed by atoms with van der Waals surface area (Å²) < 4.78 is 27.9. The maximum atomic E-state index is 11.2. The molecule has 40 heavy (non-hydrogen) atoms. The van der Waals surface area contributed by atoms with Crippen molar-refractivity contribution in [2.45, 2.75) is 25.2 Å². The number of hydrogen-bond acceptors (Lipinski definition) is 8. The maximum Gasteiger partial charge on any atom is 0.208 e. The molecule has 0 saturated heterocycles. The Morgan fingerprint density at radius 2 is 1.30 bits per heavy atom. The highest BCUT2D eigenvalue weighted by molar-refractivity contribution is 5.71. The van der Waals surface area contributed by atoms with E-state index in [-0.39, 0.29) is 40.4 Å². The molecule has 1 aliphatic rings. The first-order chi connectivity index (χ1) is 19.4. The van der Waals surface area contributed by atoms with Gasteiger partial charge in [0.2, 0.25) is 17.2 Å². The Morgan fingerprint density at radius 3 is 1.88 bits per heavy atom. The van der Waals surface area contributed by atoms with Gasteiger partial charge in [0.15, 0.2) is 23.0 Å². The summed E-state index contributed by atoms with van der Waals surface area (Å²) in [7, 11) is 6.13. The molecule has 0 aliphatic carbocycles. The average molecular weight is 545 g/mol. The van der Waals surface area contributed by atoms with Crippen molar-refractivity contribution in [3.8, 4) is 51.7 Å². The van der Waals surface area contributed by atoms with Crippen LogP contribution >= 0.6 is 0 Å². The fraction of sp³-hybridized carbons (Fsp3) is 0.250. The van der Waals surface area contributed by atoms with Crippen molar-refractivity contribution in [2.75, 3.05) is 28.4 Å². The number of aromatic hydroxyl groups is 3. The van der Waals surface area contributed by atoms with E-state index in [4.69, 9.17) is 23.7 Å². The Morgan fingerprint density at radius 1 is 0.675 bits per heavy atom. The Balaban J connectivity index is 1.66. The van der Waals surface area contributed by atoms with Gasteiger partial charge in [-0.2, -0.15) is 0 Å². The van der Waals surface area contributed by atoms with Crippen LogP contribution in [0.4, 0.5) is 0 Å². The summed E-state index contributed by atoms with van der Waals surface area (Å²) in [5.74, 6) is 1.000. The number of aryl methyl sites for hydroxylation is 2. The third-order valence-electron chi connectivity index (χ3n) is 7.36. The van der Waals surface area contributed by atoms with Gasteiger partial charge in [0.05, 0.1) is 28.4 Å². The van der Waals surface area contributed by atoms with Gasteiger partial charge in [0.1, 0.15) is 11.5 Å². The minimum atomic E-state index is -0.435. The topological polar surface area (TPSA) is 107 Å². The van der Waals surface area contributed by atoms with Crippen LogP contribution in [0.25, 0.3) is 0 Å². The molecule has 0 saturated carbocycles. The first kappa shape index (κ1) is 26.9. The molecule has 8 heteroatoms. The van der Waals surface area contributed by atoms with Gasteiger partial charge in [-0.15, -0.1) is 0 Å². The zero-order valence-electron chi connectivity index (χ0n) is 22.9. The Kier molecular flexibility index (Phi) is 7.51. The van der Waals surface area contributed by atoms with Crippen LogP contribution in [0.3, 0.4) is 0 Å². The van der Waals surface area contributed by atoms with Crippen molar-refractivity contribution in [1.82, 2.24) is 0 Å². The number of benzene rings is 4. The lowest BCUT2D eigenvalue weighted by atomic mass is 9.79. The molecular weight excluding hydrogens is 512 g/mol. The fourth-order valence-corrected chi connectivity index (χ4v) is 5.27. The zero-order chi connectivity index (χ0) is 28.4. The lowest BCUT2D eigenvalue weighted by molar-refractivity contribution is 0.313. The molecule has 4 aromatic rings. The van der Waals surface area contributed by atoms with Crippen LogP contribution in [-0.4, -0.2) is 43.8 Å². The predicted octanol–water partition coefficient (Wildman–Crippen LogP) is 6.10. The Labute approximate surface area is 232 Å². The van der Waals surface area contributed by atoms with Gasteiger partial charge in [0, 0.05) is 17.0 Å². The van der Waals surface area contributed by atoms with Crippen molar-refractivity contribution in [2.24, 2.45) is 0 Å². The largest absolute Gasteiger partial charge is 0.504 e. The number of phenolic OH excluding ortho intramolecular Hbond substituents is 3. The second kappa shape index (κ2) is 11.2. The van der Waals surface area contributed by atoms with E-state index in [1.54, 1.807) is 14.2 Å². The summed E-state index contributed by atoms with van der Waals surface area (Å²) in [5, 5.41) is 32.4. The van der Waals surface area contributed by atoms with Crippen LogP contribution in [0.1, 0.15) is 33.7 Å². The molecule has 0 bridgehead atoms. The quantitative estimate of drug-likeness (QED) is 0.217. The number of hydrogen-bond donors (Lipinski definition) is 3. The molecule has 0 aromatic heterocycles. The summed E-state index contributed by atoms with van der Waals surface area (Å²) in [6, 6.07) is 19.0. The number of fused-ring (bicyclic) bond motifs is 2. The summed E-state index contributed by atoms with van der Waals surface area (Å²) in [6.45, 7) is 0. The smallest absolute Gasteiger partial charge is 0.208 e. The summed E-state index contributed by atoms with van der Waals surface area (Å²) in [6.07, 6.45) is 1.86. The Bertz CT molecular complexity index is 1510. The first-order valence-corrected chi connectivity index (χ1v) is 12.9. The van der Waals surface area contributed by atoms with E-state index in [0.717, 1.165) is 40.2 Å². The highest BCUT2D eigenvalue weighted by atomic mass is 16.5. The van der Waals surface area contributed by atoms with Crippen LogP contribution in [-0.2, 0) is 19.3 Å². The summed E-state index contributed by atoms with van der Waals surface area (Å²) in [5.41, 5.74) is 4.46. The number of ether oxygens (including phenoxy) is 5. The molecule has 5 rings (SSSR count). The predicted molar refractivity (Wildman–Crippen MR) is 150 cm³/mol. The van der Waals surface area contributed by atoms with Gasteiger partial charge in [-0.25, -0.2) is 0 Å². The molecule has 0 radical (unpaired) electrons. The maximum absolute atomic E-state index is 11.2. The number of methoxy groups -OCH3 is 4. The van der Waals surface area contributed by atoms with Crippen molar-refractivity contribution in [1.29, 1.82) is 0 Å². The second-order valence-corrected chi connectivity index (χ2v) is 9.58. The molecule has 1 atom stereocenters. The van der Waals surface area contributed by atoms with Crippen molar-refractivity contribution < 1.29 is 39.0 Å². The molecule has 8 nitrogen and oxygen atoms in total. The molecule has 0 fully saturated rings. The molecule has 1 heterocycles. The molecule has 1 unspecified atom stereocenters. The van der Waals surface area contributed by atoms with E-state index in [0.29, 0.717) is 18.4 Å². The molecule has 1 aliphatic heterocycles. The molecule has 0 spiro atoms. The lowest BCUT2D eigenvalue weighted by Crippen LogP contribution is -2.17. The van der Waals surface area contributed by atoms with E-state index in [1.165, 1.54) is 20.3 Å². The van der Waals surface area contributed by atoms with Crippen LogP contribution < -0.4 is 23.7 Å². The Hall–Kier alpha value is -4.72. The highest BCUT2D eigenvalue weighted by Gasteiger charge is 2.37. The standard InChI is InChI=1S/C32H32O8/c1-36-21-11-6-18(7-12-21)5-10-20-16-26(38-3)29(35)31-27(20)23(15-19-8-13-22(37-2)14-9-19)24-17-25(33)28(34)32(39-4)30(24)40-31/h6-9,11-14,16-17,23,33-35H,5,10,15H2,1-4H3. The molecule has 3 N–H and O–H groups in total. The van der Waals surface area contributed by atoms with Crippen LogP contribution in [0.2, 0.25) is 0 Å². The molecule has 0 amide bonds. The van der Waals surface area contributed by atoms with Crippen molar-refractivity contribution in [3.05, 3.63) is 88.5 Å². The molecular formula is C32H32O8. The average Bonchev–Trinajstić information content (AvgIpc) is 2.98. The minimum Gasteiger partial charge on any atom is -0.504 e. The van der Waals surface area contributed by atoms with Crippen LogP contribution in [0, 0.1) is 0 Å². The van der Waals surface area contributed by atoms with Gasteiger partial charge in [0.25, 0.3) is 0 Å². The van der Waals surface area contributed by atoms with Crippen molar-refractivity contribution in [3.63, 3.8) is 0 Å². The first-order valence-electron chi connectivity index (χ1n) is 12.9. The van der Waals surface area contributed by atoms with Crippen LogP contribution in [0.15, 0.2) is 60.7 Å². The van der Waals surface area contributed by atoms with Gasteiger partial charge in [-0.3, -0.25) is 0 Å². The van der Waals surface area contributed by atoms with Crippen molar-refractivity contribution >= 4 is 0 Å². The third kappa shape index (κ3) is 4.88. The van der Waals surface area contributed by atoms with E-state index >= 15 is 0 Å². The molecule has 4 aromatic carbocycles. The zero-order valence-corrected chi connectivity index (χ0v) is 22.9. The van der Waals surface area contributed by atoms with E-state index in [1.807, 2.05) is 54.6 Å². The van der Waals surface area contributed by atoms with Gasteiger partial charge < -0.3 is 39.0 Å². The minimum absolute atomic E-state index is 0.0117. The van der Waals surface area contributed by atoms with Crippen LogP contribution in [0.5, 0.6) is 51.7 Å². The highest BCUT2D eigenvalue weighted by Crippen LogP contribution is 2.59.